The van der Waals surface area contributed by atoms with Gasteiger partial charge in [-0.3, -0.25) is 9.59 Å². The number of hydrogen-bond acceptors (Lipinski definition) is 5. The first kappa shape index (κ1) is 18.1. The van der Waals surface area contributed by atoms with Crippen LogP contribution in [0.4, 0.5) is 5.82 Å². The fourth-order valence-corrected chi connectivity index (χ4v) is 4.98. The van der Waals surface area contributed by atoms with Crippen molar-refractivity contribution in [1.29, 1.82) is 0 Å². The number of carbonyl (C=O) groups excluding carboxylic acids is 2. The number of fused-ring (bicyclic) bond motifs is 2. The molecule has 4 heterocycles. The van der Waals surface area contributed by atoms with E-state index in [-0.39, 0.29) is 17.7 Å². The Hall–Kier alpha value is -2.90. The van der Waals surface area contributed by atoms with Crippen molar-refractivity contribution in [2.24, 2.45) is 5.92 Å². The van der Waals surface area contributed by atoms with Crippen LogP contribution in [0.25, 0.3) is 0 Å². The van der Waals surface area contributed by atoms with Crippen LogP contribution in [0.15, 0.2) is 24.7 Å². The van der Waals surface area contributed by atoms with Crippen molar-refractivity contribution in [3.05, 3.63) is 41.6 Å². The van der Waals surface area contributed by atoms with Gasteiger partial charge in [-0.2, -0.15) is 0 Å². The highest BCUT2D eigenvalue weighted by molar-refractivity contribution is 5.94. The van der Waals surface area contributed by atoms with Crippen LogP contribution in [-0.2, 0) is 16.8 Å². The van der Waals surface area contributed by atoms with Crippen LogP contribution in [0.2, 0.25) is 0 Å². The van der Waals surface area contributed by atoms with Crippen LogP contribution in [-0.4, -0.2) is 56.2 Å². The Labute approximate surface area is 169 Å². The van der Waals surface area contributed by atoms with Gasteiger partial charge in [-0.1, -0.05) is 6.42 Å². The summed E-state index contributed by atoms with van der Waals surface area (Å²) < 4.78 is 0. The van der Waals surface area contributed by atoms with E-state index in [2.05, 4.69) is 19.9 Å². The largest absolute Gasteiger partial charge is 0.384 e. The van der Waals surface area contributed by atoms with Gasteiger partial charge in [0.15, 0.2) is 0 Å². The van der Waals surface area contributed by atoms with Crippen LogP contribution in [0.5, 0.6) is 0 Å². The fourth-order valence-electron chi connectivity index (χ4n) is 4.98. The van der Waals surface area contributed by atoms with Gasteiger partial charge in [-0.15, -0.1) is 0 Å². The molecule has 5 rings (SSSR count). The molecule has 1 saturated heterocycles. The minimum absolute atomic E-state index is 0.0396. The molecule has 2 aliphatic heterocycles. The topological polar surface area (TPSA) is 108 Å². The lowest BCUT2D eigenvalue weighted by atomic mass is 9.76. The number of nitrogens with one attached hydrogen (secondary N) is 1. The highest BCUT2D eigenvalue weighted by Crippen LogP contribution is 2.44. The molecule has 29 heavy (non-hydrogen) atoms. The predicted molar refractivity (Wildman–Crippen MR) is 107 cm³/mol. The molecule has 1 aliphatic carbocycles. The molecule has 8 heteroatoms. The smallest absolute Gasteiger partial charge is 0.255 e. The van der Waals surface area contributed by atoms with E-state index in [0.717, 1.165) is 43.6 Å². The predicted octanol–water partition coefficient (Wildman–Crippen LogP) is 1.70. The summed E-state index contributed by atoms with van der Waals surface area (Å²) in [5, 5.41) is 0. The molecule has 0 radical (unpaired) electrons. The fraction of sp³-hybridized carbons (Fsp3) is 0.524. The average molecular weight is 394 g/mol. The lowest BCUT2D eigenvalue weighted by Crippen LogP contribution is -2.60. The number of H-pyrrole nitrogens is 1. The first-order chi connectivity index (χ1) is 14.1. The molecule has 0 bridgehead atoms. The molecule has 2 aromatic heterocycles. The van der Waals surface area contributed by atoms with E-state index in [4.69, 9.17) is 5.73 Å². The van der Waals surface area contributed by atoms with Gasteiger partial charge in [-0.05, 0) is 37.8 Å². The summed E-state index contributed by atoms with van der Waals surface area (Å²) >= 11 is 0. The van der Waals surface area contributed by atoms with E-state index in [0.29, 0.717) is 37.3 Å². The molecule has 0 atom stereocenters. The molecule has 2 amide bonds. The number of nitrogen functional groups attached to an aromatic ring is 1. The Kier molecular flexibility index (Phi) is 4.29. The number of pyridine rings is 1. The molecule has 152 valence electrons. The quantitative estimate of drug-likeness (QED) is 0.806. The molecule has 3 N–H and O–H groups in total. The zero-order valence-corrected chi connectivity index (χ0v) is 16.4. The monoisotopic (exact) mass is 394 g/mol. The lowest BCUT2D eigenvalue weighted by molar-refractivity contribution is -0.148. The van der Waals surface area contributed by atoms with Crippen molar-refractivity contribution in [2.75, 3.05) is 25.4 Å². The Morgan fingerprint density at radius 1 is 1.14 bits per heavy atom. The molecular formula is C21H26N6O2. The molecule has 8 nitrogen and oxygen atoms in total. The summed E-state index contributed by atoms with van der Waals surface area (Å²) in [5.74, 6) is 0.792. The summed E-state index contributed by atoms with van der Waals surface area (Å²) in [6.45, 7) is 1.90. The van der Waals surface area contributed by atoms with E-state index in [1.54, 1.807) is 18.5 Å². The van der Waals surface area contributed by atoms with Gasteiger partial charge in [0.1, 0.15) is 5.82 Å². The Bertz CT molecular complexity index is 925. The summed E-state index contributed by atoms with van der Waals surface area (Å²) in [6.07, 6.45) is 8.62. The maximum atomic E-state index is 13.2. The van der Waals surface area contributed by atoms with Crippen LogP contribution in [0.1, 0.15) is 53.8 Å². The SMILES string of the molecule is Nc1ccc(C(=O)N2CCC3(CC2)c2nc[nH]c2CCN3C(=O)C2CCC2)cn1. The number of rotatable bonds is 2. The van der Waals surface area contributed by atoms with Crippen molar-refractivity contribution in [2.45, 2.75) is 44.1 Å². The minimum Gasteiger partial charge on any atom is -0.384 e. The van der Waals surface area contributed by atoms with E-state index in [1.165, 1.54) is 6.20 Å². The third-order valence-corrected chi connectivity index (χ3v) is 6.89. The Morgan fingerprint density at radius 3 is 2.59 bits per heavy atom. The third kappa shape index (κ3) is 2.89. The maximum Gasteiger partial charge on any atom is 0.255 e. The molecule has 0 unspecified atom stereocenters. The molecule has 2 fully saturated rings. The number of likely N-dealkylation sites (tertiary alicyclic amines) is 1. The number of anilines is 1. The van der Waals surface area contributed by atoms with Crippen LogP contribution in [0.3, 0.4) is 0 Å². The zero-order chi connectivity index (χ0) is 20.0. The minimum atomic E-state index is -0.406. The number of aromatic nitrogens is 3. The van der Waals surface area contributed by atoms with Gasteiger partial charge < -0.3 is 20.5 Å². The number of nitrogens with two attached hydrogens (primary N) is 1. The molecule has 2 aromatic rings. The summed E-state index contributed by atoms with van der Waals surface area (Å²) in [5.41, 5.74) is 7.90. The molecule has 3 aliphatic rings. The van der Waals surface area contributed by atoms with E-state index in [9.17, 15) is 9.59 Å². The van der Waals surface area contributed by atoms with Crippen LogP contribution in [0, 0.1) is 5.92 Å². The first-order valence-corrected chi connectivity index (χ1v) is 10.4. The van der Waals surface area contributed by atoms with Gasteiger partial charge >= 0.3 is 0 Å². The number of carbonyl (C=O) groups is 2. The standard InChI is InChI=1S/C21H26N6O2/c22-17-5-4-15(12-23-17)19(28)26-10-7-21(8-11-26)18-16(24-13-25-18)6-9-27(21)20(29)14-2-1-3-14/h4-5,12-14H,1-3,6-11H2,(H2,22,23)(H,24,25). The second-order valence-electron chi connectivity index (χ2n) is 8.39. The third-order valence-electron chi connectivity index (χ3n) is 6.89. The van der Waals surface area contributed by atoms with E-state index >= 15 is 0 Å². The number of nitrogens with zero attached hydrogens (tertiary/aromatic N) is 4. The van der Waals surface area contributed by atoms with E-state index < -0.39 is 5.54 Å². The number of aromatic amines is 1. The molecule has 1 spiro atoms. The number of hydrogen-bond donors (Lipinski definition) is 2. The van der Waals surface area contributed by atoms with E-state index in [1.807, 2.05) is 4.90 Å². The highest BCUT2D eigenvalue weighted by Gasteiger charge is 2.50. The first-order valence-electron chi connectivity index (χ1n) is 10.4. The molecular weight excluding hydrogens is 368 g/mol. The number of piperidine rings is 1. The maximum absolute atomic E-state index is 13.2. The van der Waals surface area contributed by atoms with Gasteiger partial charge in [0.25, 0.3) is 5.91 Å². The van der Waals surface area contributed by atoms with Crippen LogP contribution < -0.4 is 5.73 Å². The Balaban J connectivity index is 1.39. The summed E-state index contributed by atoms with van der Waals surface area (Å²) in [4.78, 5) is 42.0. The normalized spacial score (nSPS) is 21.0. The van der Waals surface area contributed by atoms with Crippen molar-refractivity contribution in [3.8, 4) is 0 Å². The molecule has 0 aromatic carbocycles. The van der Waals surface area contributed by atoms with Gasteiger partial charge in [-0.25, -0.2) is 9.97 Å². The second kappa shape index (κ2) is 6.86. The summed E-state index contributed by atoms with van der Waals surface area (Å²) in [7, 11) is 0. The summed E-state index contributed by atoms with van der Waals surface area (Å²) in [6, 6.07) is 3.36. The van der Waals surface area contributed by atoms with Crippen molar-refractivity contribution in [3.63, 3.8) is 0 Å². The van der Waals surface area contributed by atoms with Crippen molar-refractivity contribution < 1.29 is 9.59 Å². The van der Waals surface area contributed by atoms with Gasteiger partial charge in [0.2, 0.25) is 5.91 Å². The Morgan fingerprint density at radius 2 is 1.93 bits per heavy atom. The van der Waals surface area contributed by atoms with Crippen molar-refractivity contribution in [1.82, 2.24) is 24.8 Å². The lowest BCUT2D eigenvalue weighted by Gasteiger charge is -2.51. The number of amides is 2. The van der Waals surface area contributed by atoms with Gasteiger partial charge in [0, 0.05) is 43.9 Å². The zero-order valence-electron chi connectivity index (χ0n) is 16.4. The van der Waals surface area contributed by atoms with Crippen molar-refractivity contribution >= 4 is 17.6 Å². The molecule has 1 saturated carbocycles. The highest BCUT2D eigenvalue weighted by atomic mass is 16.2. The number of imidazole rings is 1. The second-order valence-corrected chi connectivity index (χ2v) is 8.39. The van der Waals surface area contributed by atoms with Crippen LogP contribution >= 0.6 is 0 Å². The van der Waals surface area contributed by atoms with Gasteiger partial charge in [0.05, 0.1) is 23.1 Å². The average Bonchev–Trinajstić information content (AvgIpc) is 3.18.